The van der Waals surface area contributed by atoms with Gasteiger partial charge >= 0.3 is 0 Å². The van der Waals surface area contributed by atoms with Crippen LogP contribution in [0.1, 0.15) is 25.7 Å². The fourth-order valence-corrected chi connectivity index (χ4v) is 3.73. The average Bonchev–Trinajstić information content (AvgIpc) is 3.18. The van der Waals surface area contributed by atoms with Crippen molar-refractivity contribution in [2.24, 2.45) is 5.92 Å². The molecule has 8 heteroatoms. The Labute approximate surface area is 139 Å². The SMILES string of the molecule is O=C(NC[C@@H]1CCCO1)C1CCN(Cn2ncsc2=S)CC1. The van der Waals surface area contributed by atoms with Crippen LogP contribution in [0.5, 0.6) is 0 Å². The van der Waals surface area contributed by atoms with Crippen molar-refractivity contribution in [1.82, 2.24) is 20.0 Å². The van der Waals surface area contributed by atoms with Gasteiger partial charge in [0.15, 0.2) is 3.95 Å². The molecule has 0 unspecified atom stereocenters. The highest BCUT2D eigenvalue weighted by atomic mass is 32.1. The highest BCUT2D eigenvalue weighted by molar-refractivity contribution is 7.73. The molecular weight excluding hydrogens is 320 g/mol. The van der Waals surface area contributed by atoms with Gasteiger partial charge < -0.3 is 10.1 Å². The Balaban J connectivity index is 1.40. The third kappa shape index (κ3) is 4.13. The lowest BCUT2D eigenvalue weighted by Crippen LogP contribution is -2.42. The van der Waals surface area contributed by atoms with Crippen molar-refractivity contribution in [1.29, 1.82) is 0 Å². The molecular formula is C14H22N4O2S2. The van der Waals surface area contributed by atoms with Crippen LogP contribution in [-0.2, 0) is 16.2 Å². The van der Waals surface area contributed by atoms with Crippen molar-refractivity contribution in [3.05, 3.63) is 9.46 Å². The molecule has 2 saturated heterocycles. The minimum absolute atomic E-state index is 0.126. The smallest absolute Gasteiger partial charge is 0.223 e. The lowest BCUT2D eigenvalue weighted by molar-refractivity contribution is -0.127. The molecule has 1 N–H and O–H groups in total. The maximum Gasteiger partial charge on any atom is 0.223 e. The van der Waals surface area contributed by atoms with Crippen molar-refractivity contribution in [3.63, 3.8) is 0 Å². The van der Waals surface area contributed by atoms with Crippen LogP contribution < -0.4 is 5.32 Å². The lowest BCUT2D eigenvalue weighted by atomic mass is 9.96. The molecule has 1 aromatic heterocycles. The summed E-state index contributed by atoms with van der Waals surface area (Å²) in [7, 11) is 0. The molecule has 0 radical (unpaired) electrons. The summed E-state index contributed by atoms with van der Waals surface area (Å²) in [4.78, 5) is 14.5. The molecule has 22 heavy (non-hydrogen) atoms. The van der Waals surface area contributed by atoms with Crippen molar-refractivity contribution in [3.8, 4) is 0 Å². The Kier molecular flexibility index (Phi) is 5.56. The van der Waals surface area contributed by atoms with E-state index in [1.807, 2.05) is 4.68 Å². The van der Waals surface area contributed by atoms with Crippen molar-refractivity contribution < 1.29 is 9.53 Å². The van der Waals surface area contributed by atoms with Crippen molar-refractivity contribution in [2.45, 2.75) is 38.5 Å². The first kappa shape index (κ1) is 16.0. The molecule has 0 bridgehead atoms. The lowest BCUT2D eigenvalue weighted by Gasteiger charge is -2.31. The van der Waals surface area contributed by atoms with Crippen LogP contribution in [-0.4, -0.2) is 52.9 Å². The van der Waals surface area contributed by atoms with Gasteiger partial charge in [0.2, 0.25) is 5.91 Å². The van der Waals surface area contributed by atoms with E-state index < -0.39 is 0 Å². The predicted octanol–water partition coefficient (Wildman–Crippen LogP) is 1.64. The molecule has 122 valence electrons. The molecule has 3 heterocycles. The average molecular weight is 342 g/mol. The first-order valence-corrected chi connectivity index (χ1v) is 9.13. The van der Waals surface area contributed by atoms with E-state index in [-0.39, 0.29) is 17.9 Å². The van der Waals surface area contributed by atoms with Crippen LogP contribution in [0.15, 0.2) is 5.51 Å². The molecule has 6 nitrogen and oxygen atoms in total. The van der Waals surface area contributed by atoms with E-state index in [0.29, 0.717) is 6.54 Å². The van der Waals surface area contributed by atoms with Gasteiger partial charge in [-0.25, -0.2) is 4.68 Å². The molecule has 3 rings (SSSR count). The van der Waals surface area contributed by atoms with E-state index in [1.54, 1.807) is 5.51 Å². The maximum absolute atomic E-state index is 12.2. The normalized spacial score (nSPS) is 23.7. The summed E-state index contributed by atoms with van der Waals surface area (Å²) < 4.78 is 8.18. The van der Waals surface area contributed by atoms with Gasteiger partial charge in [-0.1, -0.05) is 11.3 Å². The van der Waals surface area contributed by atoms with Crippen LogP contribution >= 0.6 is 23.6 Å². The summed E-state index contributed by atoms with van der Waals surface area (Å²) in [5.74, 6) is 0.307. The Morgan fingerprint density at radius 1 is 1.45 bits per heavy atom. The van der Waals surface area contributed by atoms with Gasteiger partial charge in [-0.15, -0.1) is 0 Å². The fraction of sp³-hybridized carbons (Fsp3) is 0.786. The number of hydrogen-bond acceptors (Lipinski definition) is 6. The van der Waals surface area contributed by atoms with E-state index in [9.17, 15) is 4.79 Å². The van der Waals surface area contributed by atoms with Crippen LogP contribution in [0.3, 0.4) is 0 Å². The van der Waals surface area contributed by atoms with E-state index >= 15 is 0 Å². The zero-order valence-electron chi connectivity index (χ0n) is 12.6. The molecule has 2 aliphatic heterocycles. The molecule has 1 amide bonds. The Hall–Kier alpha value is -0.830. The number of nitrogens with one attached hydrogen (secondary N) is 1. The molecule has 0 aromatic carbocycles. The van der Waals surface area contributed by atoms with Gasteiger partial charge in [-0.3, -0.25) is 9.69 Å². The fourth-order valence-electron chi connectivity index (χ4n) is 3.02. The quantitative estimate of drug-likeness (QED) is 0.825. The first-order valence-electron chi connectivity index (χ1n) is 7.84. The van der Waals surface area contributed by atoms with Crippen molar-refractivity contribution in [2.75, 3.05) is 26.2 Å². The van der Waals surface area contributed by atoms with Gasteiger partial charge in [0.25, 0.3) is 0 Å². The van der Waals surface area contributed by atoms with Gasteiger partial charge in [0.1, 0.15) is 5.51 Å². The second kappa shape index (κ2) is 7.63. The largest absolute Gasteiger partial charge is 0.376 e. The van der Waals surface area contributed by atoms with E-state index in [2.05, 4.69) is 15.3 Å². The van der Waals surface area contributed by atoms with Crippen LogP contribution in [0.25, 0.3) is 0 Å². The molecule has 0 spiro atoms. The number of likely N-dealkylation sites (tertiary alicyclic amines) is 1. The highest BCUT2D eigenvalue weighted by Gasteiger charge is 2.26. The van der Waals surface area contributed by atoms with Gasteiger partial charge in [-0.2, -0.15) is 5.10 Å². The van der Waals surface area contributed by atoms with E-state index in [0.717, 1.165) is 56.0 Å². The van der Waals surface area contributed by atoms with Crippen LogP contribution in [0.2, 0.25) is 0 Å². The zero-order chi connectivity index (χ0) is 15.4. The minimum atomic E-state index is 0.126. The third-order valence-electron chi connectivity index (χ3n) is 4.37. The number of carbonyl (C=O) groups excluding carboxylic acids is 1. The van der Waals surface area contributed by atoms with Crippen LogP contribution in [0, 0.1) is 9.87 Å². The van der Waals surface area contributed by atoms with Crippen molar-refractivity contribution >= 4 is 29.5 Å². The minimum Gasteiger partial charge on any atom is -0.376 e. The van der Waals surface area contributed by atoms with Gasteiger partial charge in [0, 0.05) is 32.2 Å². The summed E-state index contributed by atoms with van der Waals surface area (Å²) in [6.07, 6.45) is 4.19. The molecule has 1 atom stereocenters. The Bertz CT molecular complexity index is 545. The Morgan fingerprint density at radius 3 is 2.91 bits per heavy atom. The molecule has 0 aliphatic carbocycles. The summed E-state index contributed by atoms with van der Waals surface area (Å²) >= 11 is 6.70. The summed E-state index contributed by atoms with van der Waals surface area (Å²) in [6, 6.07) is 0. The van der Waals surface area contributed by atoms with E-state index in [4.69, 9.17) is 17.0 Å². The monoisotopic (exact) mass is 342 g/mol. The van der Waals surface area contributed by atoms with Gasteiger partial charge in [0.05, 0.1) is 12.8 Å². The maximum atomic E-state index is 12.2. The number of nitrogens with zero attached hydrogens (tertiary/aromatic N) is 3. The summed E-state index contributed by atoms with van der Waals surface area (Å²) in [5, 5.41) is 7.28. The standard InChI is InChI=1S/C14H22N4O2S2/c19-13(15-8-12-2-1-7-20-12)11-3-5-17(6-4-11)10-18-14(21)22-9-16-18/h9,11-12H,1-8,10H2,(H,15,19)/t12-/m0/s1. The number of ether oxygens (including phenoxy) is 1. The van der Waals surface area contributed by atoms with Crippen LogP contribution in [0.4, 0.5) is 0 Å². The Morgan fingerprint density at radius 2 is 2.27 bits per heavy atom. The molecule has 0 saturated carbocycles. The topological polar surface area (TPSA) is 59.4 Å². The van der Waals surface area contributed by atoms with Gasteiger partial charge in [-0.05, 0) is 37.9 Å². The summed E-state index contributed by atoms with van der Waals surface area (Å²) in [5.41, 5.74) is 1.77. The zero-order valence-corrected chi connectivity index (χ0v) is 14.2. The number of amides is 1. The molecule has 1 aromatic rings. The number of piperidine rings is 1. The molecule has 2 aliphatic rings. The third-order valence-corrected chi connectivity index (χ3v) is 5.48. The number of hydrogen-bond donors (Lipinski definition) is 1. The number of rotatable bonds is 5. The first-order chi connectivity index (χ1) is 10.7. The second-order valence-electron chi connectivity index (χ2n) is 5.92. The second-order valence-corrected chi connectivity index (χ2v) is 7.40. The number of aromatic nitrogens is 2. The molecule has 2 fully saturated rings. The van der Waals surface area contributed by atoms with E-state index in [1.165, 1.54) is 11.3 Å². The number of carbonyl (C=O) groups is 1. The summed E-state index contributed by atoms with van der Waals surface area (Å²) in [6.45, 7) is 4.05. The predicted molar refractivity (Wildman–Crippen MR) is 87.2 cm³/mol. The highest BCUT2D eigenvalue weighted by Crippen LogP contribution is 2.18.